The molecule has 4 aromatic rings. The second kappa shape index (κ2) is 10.8. The number of tetrazole rings is 1. The van der Waals surface area contributed by atoms with Crippen molar-refractivity contribution in [3.05, 3.63) is 66.2 Å². The maximum atomic E-state index is 12.6. The first-order chi connectivity index (χ1) is 16.5. The molecule has 0 spiro atoms. The van der Waals surface area contributed by atoms with E-state index in [1.54, 1.807) is 47.7 Å². The first-order valence-corrected chi connectivity index (χ1v) is 10.7. The van der Waals surface area contributed by atoms with Gasteiger partial charge in [0.2, 0.25) is 5.95 Å². The number of nitrogens with zero attached hydrogens (tertiary/aromatic N) is 6. The van der Waals surface area contributed by atoms with Crippen LogP contribution < -0.4 is 14.8 Å². The summed E-state index contributed by atoms with van der Waals surface area (Å²) in [6.07, 6.45) is 5.32. The van der Waals surface area contributed by atoms with Gasteiger partial charge in [0.25, 0.3) is 0 Å². The summed E-state index contributed by atoms with van der Waals surface area (Å²) in [5.41, 5.74) is 1.86. The van der Waals surface area contributed by atoms with Crippen LogP contribution in [0.15, 0.2) is 61.2 Å². The predicted octanol–water partition coefficient (Wildman–Crippen LogP) is 4.99. The van der Waals surface area contributed by atoms with Crippen LogP contribution in [0.5, 0.6) is 11.5 Å². The van der Waals surface area contributed by atoms with Gasteiger partial charge < -0.3 is 14.8 Å². The SMILES string of the molecule is C[C@@H](CCn1cnnn1)Oc1cc(-c2cnc(Nc3ccccc3OC(F)F)nc2)ccc1Cl. The fraction of sp³-hybridized carbons (Fsp3) is 0.227. The second-order valence-corrected chi connectivity index (χ2v) is 7.64. The summed E-state index contributed by atoms with van der Waals surface area (Å²) in [6, 6.07) is 11.7. The Kier molecular flexibility index (Phi) is 7.43. The zero-order valence-electron chi connectivity index (χ0n) is 18.0. The van der Waals surface area contributed by atoms with Crippen LogP contribution in [0.2, 0.25) is 5.02 Å². The Hall–Kier alpha value is -3.86. The third-order valence-electron chi connectivity index (χ3n) is 4.75. The zero-order chi connectivity index (χ0) is 23.9. The first kappa shape index (κ1) is 23.3. The van der Waals surface area contributed by atoms with Gasteiger partial charge in [-0.2, -0.15) is 8.78 Å². The highest BCUT2D eigenvalue weighted by molar-refractivity contribution is 6.32. The van der Waals surface area contributed by atoms with Gasteiger partial charge in [0.15, 0.2) is 0 Å². The van der Waals surface area contributed by atoms with Crippen molar-refractivity contribution in [2.45, 2.75) is 32.6 Å². The Bertz CT molecular complexity index is 1210. The molecule has 0 saturated carbocycles. The average molecular weight is 488 g/mol. The number of benzene rings is 2. The number of para-hydroxylation sites is 2. The van der Waals surface area contributed by atoms with Gasteiger partial charge in [-0.05, 0) is 47.2 Å². The van der Waals surface area contributed by atoms with Crippen molar-refractivity contribution in [2.24, 2.45) is 0 Å². The molecule has 0 fully saturated rings. The highest BCUT2D eigenvalue weighted by Crippen LogP contribution is 2.32. The van der Waals surface area contributed by atoms with Crippen molar-refractivity contribution in [3.63, 3.8) is 0 Å². The largest absolute Gasteiger partial charge is 0.489 e. The van der Waals surface area contributed by atoms with E-state index in [-0.39, 0.29) is 17.8 Å². The lowest BCUT2D eigenvalue weighted by Gasteiger charge is -2.16. The van der Waals surface area contributed by atoms with E-state index in [4.69, 9.17) is 16.3 Å². The van der Waals surface area contributed by atoms with Crippen LogP contribution in [0.1, 0.15) is 13.3 Å². The van der Waals surface area contributed by atoms with Crippen molar-refractivity contribution in [2.75, 3.05) is 5.32 Å². The number of rotatable bonds is 10. The molecule has 0 saturated heterocycles. The third kappa shape index (κ3) is 6.13. The summed E-state index contributed by atoms with van der Waals surface area (Å²) in [4.78, 5) is 8.56. The topological polar surface area (TPSA) is 99.9 Å². The number of aryl methyl sites for hydroxylation is 1. The molecule has 0 aliphatic carbocycles. The third-order valence-corrected chi connectivity index (χ3v) is 5.06. The molecule has 34 heavy (non-hydrogen) atoms. The Balaban J connectivity index is 1.43. The van der Waals surface area contributed by atoms with Gasteiger partial charge in [-0.25, -0.2) is 14.6 Å². The first-order valence-electron chi connectivity index (χ1n) is 10.3. The zero-order valence-corrected chi connectivity index (χ0v) is 18.7. The Morgan fingerprint density at radius 1 is 1.03 bits per heavy atom. The molecule has 0 unspecified atom stereocenters. The van der Waals surface area contributed by atoms with Crippen LogP contribution in [0.4, 0.5) is 20.4 Å². The summed E-state index contributed by atoms with van der Waals surface area (Å²) in [6.45, 7) is -0.388. The molecule has 1 N–H and O–H groups in total. The number of alkyl halides is 2. The number of ether oxygens (including phenoxy) is 2. The fourth-order valence-electron chi connectivity index (χ4n) is 3.08. The predicted molar refractivity (Wildman–Crippen MR) is 121 cm³/mol. The van der Waals surface area contributed by atoms with Gasteiger partial charge in [-0.1, -0.05) is 29.8 Å². The molecule has 0 aliphatic rings. The van der Waals surface area contributed by atoms with Crippen LogP contribution in [0.25, 0.3) is 11.1 Å². The van der Waals surface area contributed by atoms with E-state index >= 15 is 0 Å². The van der Waals surface area contributed by atoms with Crippen molar-refractivity contribution < 1.29 is 18.3 Å². The number of hydrogen-bond acceptors (Lipinski definition) is 8. The summed E-state index contributed by atoms with van der Waals surface area (Å²) >= 11 is 6.32. The lowest BCUT2D eigenvalue weighted by Crippen LogP contribution is -2.15. The molecule has 1 atom stereocenters. The summed E-state index contributed by atoms with van der Waals surface area (Å²) in [5, 5.41) is 14.4. The minimum Gasteiger partial charge on any atom is -0.489 e. The van der Waals surface area contributed by atoms with Gasteiger partial charge in [0, 0.05) is 30.9 Å². The van der Waals surface area contributed by atoms with E-state index in [1.165, 1.54) is 6.07 Å². The van der Waals surface area contributed by atoms with Crippen molar-refractivity contribution in [1.82, 2.24) is 30.2 Å². The molecule has 176 valence electrons. The lowest BCUT2D eigenvalue weighted by atomic mass is 10.1. The molecular formula is C22H20ClF2N7O2. The molecule has 0 amide bonds. The molecule has 0 aliphatic heterocycles. The summed E-state index contributed by atoms with van der Waals surface area (Å²) in [7, 11) is 0. The van der Waals surface area contributed by atoms with Crippen LogP contribution in [0.3, 0.4) is 0 Å². The summed E-state index contributed by atoms with van der Waals surface area (Å²) in [5.74, 6) is 0.762. The van der Waals surface area contributed by atoms with Gasteiger partial charge in [-0.15, -0.1) is 5.10 Å². The molecule has 2 aromatic heterocycles. The van der Waals surface area contributed by atoms with E-state index in [1.807, 2.05) is 19.1 Å². The maximum absolute atomic E-state index is 12.6. The Morgan fingerprint density at radius 3 is 2.56 bits per heavy atom. The van der Waals surface area contributed by atoms with Gasteiger partial charge in [-0.3, -0.25) is 0 Å². The van der Waals surface area contributed by atoms with Gasteiger partial charge in [0.05, 0.1) is 16.8 Å². The number of halogens is 3. The van der Waals surface area contributed by atoms with E-state index in [9.17, 15) is 8.78 Å². The highest BCUT2D eigenvalue weighted by Gasteiger charge is 2.12. The van der Waals surface area contributed by atoms with E-state index < -0.39 is 6.61 Å². The normalized spacial score (nSPS) is 11.9. The number of anilines is 2. The molecule has 2 heterocycles. The van der Waals surface area contributed by atoms with Crippen LogP contribution in [-0.4, -0.2) is 42.9 Å². The minimum absolute atomic E-state index is 0.00105. The number of nitrogens with one attached hydrogen (secondary N) is 1. The second-order valence-electron chi connectivity index (χ2n) is 7.23. The minimum atomic E-state index is -2.94. The quantitative estimate of drug-likeness (QED) is 0.334. The molecule has 9 nitrogen and oxygen atoms in total. The lowest BCUT2D eigenvalue weighted by molar-refractivity contribution is -0.0493. The molecule has 2 aromatic carbocycles. The highest BCUT2D eigenvalue weighted by atomic mass is 35.5. The molecule has 0 radical (unpaired) electrons. The van der Waals surface area contributed by atoms with E-state index in [0.717, 1.165) is 11.1 Å². The van der Waals surface area contributed by atoms with Gasteiger partial charge in [0.1, 0.15) is 17.8 Å². The van der Waals surface area contributed by atoms with Gasteiger partial charge >= 0.3 is 6.61 Å². The smallest absolute Gasteiger partial charge is 0.387 e. The maximum Gasteiger partial charge on any atom is 0.387 e. The standard InChI is InChI=1S/C22H20ClF2N7O2/c1-14(8-9-32-13-28-30-31-32)33-20-10-15(6-7-17(20)23)16-11-26-22(27-12-16)29-18-4-2-3-5-19(18)34-21(24)25/h2-7,10-14,21H,8-9H2,1H3,(H,26,27,29)/t14-/m0/s1. The van der Waals surface area contributed by atoms with Crippen LogP contribution in [0, 0.1) is 0 Å². The van der Waals surface area contributed by atoms with Crippen molar-refractivity contribution in [3.8, 4) is 22.6 Å². The molecule has 0 bridgehead atoms. The Morgan fingerprint density at radius 2 is 1.82 bits per heavy atom. The Labute approximate surface area is 198 Å². The van der Waals surface area contributed by atoms with Crippen molar-refractivity contribution in [1.29, 1.82) is 0 Å². The van der Waals surface area contributed by atoms with E-state index in [0.29, 0.717) is 29.4 Å². The summed E-state index contributed by atoms with van der Waals surface area (Å²) < 4.78 is 37.4. The molecular weight excluding hydrogens is 468 g/mol. The fourth-order valence-corrected chi connectivity index (χ4v) is 3.24. The van der Waals surface area contributed by atoms with Crippen LogP contribution >= 0.6 is 11.6 Å². The van der Waals surface area contributed by atoms with E-state index in [2.05, 4.69) is 35.5 Å². The average Bonchev–Trinajstić information content (AvgIpc) is 3.35. The van der Waals surface area contributed by atoms with Crippen molar-refractivity contribution >= 4 is 23.2 Å². The number of aromatic nitrogens is 6. The molecule has 12 heteroatoms. The van der Waals surface area contributed by atoms with Crippen LogP contribution in [-0.2, 0) is 6.54 Å². The number of hydrogen-bond donors (Lipinski definition) is 1. The monoisotopic (exact) mass is 487 g/mol. The molecule has 4 rings (SSSR count).